The standard InChI is InChI=1S/C65H110O6/c1-4-7-10-13-16-19-21-23-25-26-27-28-29-30-31-32-33-34-35-36-37-38-39-40-41-43-44-46-49-52-55-58-64(67)70-61-62(60-69-63(66)57-54-51-48-18-15-12-9-6-3)71-65(68)59-56-53-50-47-45-42-24-22-20-17-14-11-8-5-2/h7,10,16,19,23,25,27-28,30-31,33-34,36-37,39-40,62H,4-6,8-9,11-15,17-18,20-22,24,26,29,32,35,38,41-61H2,1-3H3/b10-7-,19-16-,25-23-,28-27-,31-30-,34-33-,37-36-,40-39-. The van der Waals surface area contributed by atoms with Crippen LogP contribution in [0.1, 0.15) is 278 Å². The minimum atomic E-state index is -0.779. The van der Waals surface area contributed by atoms with Crippen molar-refractivity contribution in [2.24, 2.45) is 0 Å². The molecule has 6 nitrogen and oxygen atoms in total. The van der Waals surface area contributed by atoms with Crippen molar-refractivity contribution in [2.75, 3.05) is 13.2 Å². The second kappa shape index (κ2) is 58.9. The first kappa shape index (κ1) is 67.3. The molecule has 0 saturated carbocycles. The monoisotopic (exact) mass is 987 g/mol. The van der Waals surface area contributed by atoms with E-state index >= 15 is 0 Å². The fraction of sp³-hybridized carbons (Fsp3) is 0.708. The maximum absolute atomic E-state index is 12.8. The van der Waals surface area contributed by atoms with Gasteiger partial charge >= 0.3 is 17.9 Å². The number of unbranched alkanes of at least 4 members (excludes halogenated alkanes) is 26. The van der Waals surface area contributed by atoms with Gasteiger partial charge in [0, 0.05) is 19.3 Å². The van der Waals surface area contributed by atoms with Gasteiger partial charge < -0.3 is 14.2 Å². The van der Waals surface area contributed by atoms with Gasteiger partial charge in [0.2, 0.25) is 0 Å². The molecule has 0 rings (SSSR count). The predicted octanol–water partition coefficient (Wildman–Crippen LogP) is 20.1. The van der Waals surface area contributed by atoms with Gasteiger partial charge in [-0.25, -0.2) is 0 Å². The molecule has 0 aliphatic rings. The zero-order chi connectivity index (χ0) is 51.4. The molecule has 406 valence electrons. The average Bonchev–Trinajstić information content (AvgIpc) is 3.37. The molecule has 0 N–H and O–H groups in total. The van der Waals surface area contributed by atoms with Crippen molar-refractivity contribution in [1.29, 1.82) is 0 Å². The summed E-state index contributed by atoms with van der Waals surface area (Å²) in [4.78, 5) is 38.0. The smallest absolute Gasteiger partial charge is 0.306 e. The summed E-state index contributed by atoms with van der Waals surface area (Å²) in [6.45, 7) is 6.49. The molecule has 6 heteroatoms. The topological polar surface area (TPSA) is 78.9 Å². The van der Waals surface area contributed by atoms with Gasteiger partial charge in [0.1, 0.15) is 13.2 Å². The van der Waals surface area contributed by atoms with E-state index in [0.29, 0.717) is 19.3 Å². The third kappa shape index (κ3) is 57.1. The number of hydrogen-bond acceptors (Lipinski definition) is 6. The van der Waals surface area contributed by atoms with Gasteiger partial charge in [-0.3, -0.25) is 14.4 Å². The molecular weight excluding hydrogens is 877 g/mol. The predicted molar refractivity (Wildman–Crippen MR) is 307 cm³/mol. The van der Waals surface area contributed by atoms with Crippen LogP contribution in [0, 0.1) is 0 Å². The number of esters is 3. The Balaban J connectivity index is 4.19. The Labute approximate surface area is 438 Å². The summed E-state index contributed by atoms with van der Waals surface area (Å²) in [6.07, 6.45) is 78.5. The quantitative estimate of drug-likeness (QED) is 0.0261. The highest BCUT2D eigenvalue weighted by Gasteiger charge is 2.19. The van der Waals surface area contributed by atoms with Crippen molar-refractivity contribution < 1.29 is 28.6 Å². The Hall–Kier alpha value is -3.67. The summed E-state index contributed by atoms with van der Waals surface area (Å²) in [5.41, 5.74) is 0. The summed E-state index contributed by atoms with van der Waals surface area (Å²) in [5, 5.41) is 0. The van der Waals surface area contributed by atoms with E-state index in [1.807, 2.05) is 0 Å². The van der Waals surface area contributed by atoms with Crippen molar-refractivity contribution in [3.63, 3.8) is 0 Å². The third-order valence-corrected chi connectivity index (χ3v) is 12.6. The molecule has 0 spiro atoms. The molecule has 1 unspecified atom stereocenters. The summed E-state index contributed by atoms with van der Waals surface area (Å²) in [5.74, 6) is -0.893. The lowest BCUT2D eigenvalue weighted by atomic mass is 10.0. The SMILES string of the molecule is CC/C=C\C/C=C\C/C=C\C/C=C\C/C=C\C/C=C\C/C=C\C/C=C\CCCCCCCCC(=O)OCC(COC(=O)CCCCCCCCCC)OC(=O)CCCCCCCCCCCCCCCC. The molecular formula is C65H110O6. The number of carbonyl (C=O) groups excluding carboxylic acids is 3. The van der Waals surface area contributed by atoms with Gasteiger partial charge in [-0.15, -0.1) is 0 Å². The van der Waals surface area contributed by atoms with Crippen LogP contribution in [0.2, 0.25) is 0 Å². The van der Waals surface area contributed by atoms with Gasteiger partial charge in [0.25, 0.3) is 0 Å². The third-order valence-electron chi connectivity index (χ3n) is 12.6. The molecule has 0 aromatic carbocycles. The zero-order valence-corrected chi connectivity index (χ0v) is 46.5. The molecule has 0 aromatic rings. The molecule has 0 aliphatic carbocycles. The molecule has 0 fully saturated rings. The van der Waals surface area contributed by atoms with Crippen LogP contribution in [0.25, 0.3) is 0 Å². The number of rotatable bonds is 53. The Morgan fingerprint density at radius 3 is 0.859 bits per heavy atom. The first-order chi connectivity index (χ1) is 35.0. The lowest BCUT2D eigenvalue weighted by molar-refractivity contribution is -0.167. The number of hydrogen-bond donors (Lipinski definition) is 0. The average molecular weight is 988 g/mol. The van der Waals surface area contributed by atoms with Crippen LogP contribution in [0.5, 0.6) is 0 Å². The second-order valence-electron chi connectivity index (χ2n) is 19.5. The van der Waals surface area contributed by atoms with Gasteiger partial charge in [-0.2, -0.15) is 0 Å². The summed E-state index contributed by atoms with van der Waals surface area (Å²) < 4.78 is 16.8. The Bertz CT molecular complexity index is 1410. The van der Waals surface area contributed by atoms with Gasteiger partial charge in [0.15, 0.2) is 6.10 Å². The number of ether oxygens (including phenoxy) is 3. The number of allylic oxidation sites excluding steroid dienone is 16. The van der Waals surface area contributed by atoms with Crippen molar-refractivity contribution in [3.05, 3.63) is 97.2 Å². The van der Waals surface area contributed by atoms with Crippen molar-refractivity contribution >= 4 is 17.9 Å². The van der Waals surface area contributed by atoms with Crippen LogP contribution in [0.4, 0.5) is 0 Å². The summed E-state index contributed by atoms with van der Waals surface area (Å²) in [6, 6.07) is 0. The molecule has 0 heterocycles. The minimum absolute atomic E-state index is 0.0788. The second-order valence-corrected chi connectivity index (χ2v) is 19.5. The first-order valence-corrected chi connectivity index (χ1v) is 29.7. The first-order valence-electron chi connectivity index (χ1n) is 29.7. The maximum atomic E-state index is 12.8. The normalized spacial score (nSPS) is 12.8. The van der Waals surface area contributed by atoms with Gasteiger partial charge in [-0.1, -0.05) is 272 Å². The highest BCUT2D eigenvalue weighted by molar-refractivity contribution is 5.71. The van der Waals surface area contributed by atoms with Crippen LogP contribution < -0.4 is 0 Å². The zero-order valence-electron chi connectivity index (χ0n) is 46.5. The minimum Gasteiger partial charge on any atom is -0.462 e. The molecule has 0 radical (unpaired) electrons. The van der Waals surface area contributed by atoms with Crippen molar-refractivity contribution in [3.8, 4) is 0 Å². The van der Waals surface area contributed by atoms with E-state index in [2.05, 4.69) is 118 Å². The maximum Gasteiger partial charge on any atom is 0.306 e. The molecule has 0 aromatic heterocycles. The van der Waals surface area contributed by atoms with E-state index in [4.69, 9.17) is 14.2 Å². The molecule has 71 heavy (non-hydrogen) atoms. The van der Waals surface area contributed by atoms with Crippen LogP contribution in [0.3, 0.4) is 0 Å². The van der Waals surface area contributed by atoms with Crippen molar-refractivity contribution in [2.45, 2.75) is 284 Å². The van der Waals surface area contributed by atoms with E-state index < -0.39 is 6.10 Å². The van der Waals surface area contributed by atoms with Crippen LogP contribution in [-0.4, -0.2) is 37.2 Å². The van der Waals surface area contributed by atoms with Gasteiger partial charge in [0.05, 0.1) is 0 Å². The van der Waals surface area contributed by atoms with Gasteiger partial charge in [-0.05, 0) is 83.5 Å². The van der Waals surface area contributed by atoms with E-state index in [1.54, 1.807) is 0 Å². The van der Waals surface area contributed by atoms with Crippen molar-refractivity contribution in [1.82, 2.24) is 0 Å². The van der Waals surface area contributed by atoms with E-state index in [0.717, 1.165) is 122 Å². The van der Waals surface area contributed by atoms with E-state index in [-0.39, 0.29) is 31.1 Å². The molecule has 0 aliphatic heterocycles. The molecule has 1 atom stereocenters. The summed E-state index contributed by atoms with van der Waals surface area (Å²) in [7, 11) is 0. The van der Waals surface area contributed by atoms with Crippen LogP contribution >= 0.6 is 0 Å². The Kier molecular flexibility index (Phi) is 55.9. The molecule has 0 bridgehead atoms. The summed E-state index contributed by atoms with van der Waals surface area (Å²) >= 11 is 0. The lowest BCUT2D eigenvalue weighted by Gasteiger charge is -2.18. The molecule has 0 saturated heterocycles. The highest BCUT2D eigenvalue weighted by Crippen LogP contribution is 2.16. The number of carbonyl (C=O) groups is 3. The van der Waals surface area contributed by atoms with E-state index in [9.17, 15) is 14.4 Å². The Morgan fingerprint density at radius 1 is 0.296 bits per heavy atom. The van der Waals surface area contributed by atoms with Crippen LogP contribution in [0.15, 0.2) is 97.2 Å². The fourth-order valence-corrected chi connectivity index (χ4v) is 8.16. The fourth-order valence-electron chi connectivity index (χ4n) is 8.16. The molecule has 0 amide bonds. The Morgan fingerprint density at radius 2 is 0.549 bits per heavy atom. The van der Waals surface area contributed by atoms with Crippen LogP contribution in [-0.2, 0) is 28.6 Å². The largest absolute Gasteiger partial charge is 0.462 e. The highest BCUT2D eigenvalue weighted by atomic mass is 16.6. The lowest BCUT2D eigenvalue weighted by Crippen LogP contribution is -2.30. The van der Waals surface area contributed by atoms with E-state index in [1.165, 1.54) is 116 Å².